The number of rotatable bonds is 3. The second kappa shape index (κ2) is 5.45. The third kappa shape index (κ3) is 3.17. The molecule has 1 aliphatic heterocycles. The smallest absolute Gasteiger partial charge is 0.183 e. The van der Waals surface area contributed by atoms with Gasteiger partial charge >= 0.3 is 0 Å². The van der Waals surface area contributed by atoms with Crippen LogP contribution in [0.2, 0.25) is 4.47 Å². The van der Waals surface area contributed by atoms with E-state index in [0.29, 0.717) is 16.4 Å². The number of nitrogens with two attached hydrogens (primary N) is 1. The second-order valence-electron chi connectivity index (χ2n) is 4.58. The largest absolute Gasteiger partial charge is 0.328 e. The van der Waals surface area contributed by atoms with Crippen molar-refractivity contribution >= 4 is 22.9 Å². The minimum Gasteiger partial charge on any atom is -0.328 e. The molecule has 2 rings (SSSR count). The van der Waals surface area contributed by atoms with Crippen LogP contribution in [0.3, 0.4) is 0 Å². The van der Waals surface area contributed by atoms with E-state index in [1.807, 2.05) is 6.20 Å². The molecule has 1 aromatic heterocycles. The van der Waals surface area contributed by atoms with Crippen LogP contribution in [0, 0.1) is 5.92 Å². The van der Waals surface area contributed by atoms with Crippen LogP contribution in [0.15, 0.2) is 6.20 Å². The van der Waals surface area contributed by atoms with Crippen LogP contribution in [0.5, 0.6) is 0 Å². The average Bonchev–Trinajstić information content (AvgIpc) is 2.64. The van der Waals surface area contributed by atoms with Gasteiger partial charge in [0.1, 0.15) is 0 Å². The van der Waals surface area contributed by atoms with Gasteiger partial charge in [0.05, 0.1) is 0 Å². The molecule has 90 valence electrons. The van der Waals surface area contributed by atoms with Crippen molar-refractivity contribution in [3.05, 3.63) is 15.5 Å². The standard InChI is InChI=1S/C11H18ClN3S/c1-8(13)9-3-2-4-15(6-9)7-10-5-14-11(12)16-10/h5,8-9H,2-4,6-7,13H2,1H3. The highest BCUT2D eigenvalue weighted by Gasteiger charge is 2.22. The first-order valence-corrected chi connectivity index (χ1v) is 6.92. The van der Waals surface area contributed by atoms with Gasteiger partial charge in [-0.3, -0.25) is 4.90 Å². The quantitative estimate of drug-likeness (QED) is 0.906. The van der Waals surface area contributed by atoms with Gasteiger partial charge in [0.2, 0.25) is 0 Å². The number of likely N-dealkylation sites (tertiary alicyclic amines) is 1. The van der Waals surface area contributed by atoms with Gasteiger partial charge in [-0.2, -0.15) is 0 Å². The molecule has 0 spiro atoms. The van der Waals surface area contributed by atoms with Gasteiger partial charge in [-0.1, -0.05) is 11.6 Å². The van der Waals surface area contributed by atoms with Crippen molar-refractivity contribution in [2.75, 3.05) is 13.1 Å². The number of halogens is 1. The first-order valence-electron chi connectivity index (χ1n) is 5.73. The maximum atomic E-state index is 5.97. The Balaban J connectivity index is 1.90. The number of nitrogens with zero attached hydrogens (tertiary/aromatic N) is 2. The fourth-order valence-electron chi connectivity index (χ4n) is 2.24. The number of hydrogen-bond acceptors (Lipinski definition) is 4. The van der Waals surface area contributed by atoms with Crippen molar-refractivity contribution in [2.24, 2.45) is 11.7 Å². The SMILES string of the molecule is CC(N)C1CCCN(Cc2cnc(Cl)s2)C1. The van der Waals surface area contributed by atoms with E-state index in [1.54, 1.807) is 11.3 Å². The predicted molar refractivity (Wildman–Crippen MR) is 68.8 cm³/mol. The summed E-state index contributed by atoms with van der Waals surface area (Å²) in [6.45, 7) is 5.34. The lowest BCUT2D eigenvalue weighted by Gasteiger charge is -2.34. The summed E-state index contributed by atoms with van der Waals surface area (Å²) in [5.41, 5.74) is 5.97. The lowest BCUT2D eigenvalue weighted by molar-refractivity contribution is 0.155. The van der Waals surface area contributed by atoms with E-state index in [4.69, 9.17) is 17.3 Å². The van der Waals surface area contributed by atoms with Gasteiger partial charge in [-0.05, 0) is 32.2 Å². The summed E-state index contributed by atoms with van der Waals surface area (Å²) < 4.78 is 0.635. The molecule has 0 bridgehead atoms. The number of piperidine rings is 1. The van der Waals surface area contributed by atoms with Crippen LogP contribution in [0.25, 0.3) is 0 Å². The van der Waals surface area contributed by atoms with Crippen LogP contribution >= 0.6 is 22.9 Å². The minimum absolute atomic E-state index is 0.299. The van der Waals surface area contributed by atoms with E-state index in [0.717, 1.165) is 13.1 Å². The highest BCUT2D eigenvalue weighted by Crippen LogP contribution is 2.23. The maximum Gasteiger partial charge on any atom is 0.183 e. The Kier molecular flexibility index (Phi) is 4.19. The molecule has 0 aliphatic carbocycles. The fraction of sp³-hybridized carbons (Fsp3) is 0.727. The Labute approximate surface area is 106 Å². The van der Waals surface area contributed by atoms with Crippen LogP contribution in [-0.4, -0.2) is 29.0 Å². The first kappa shape index (κ1) is 12.3. The maximum absolute atomic E-state index is 5.97. The zero-order valence-electron chi connectivity index (χ0n) is 9.53. The van der Waals surface area contributed by atoms with Crippen molar-refractivity contribution in [1.82, 2.24) is 9.88 Å². The van der Waals surface area contributed by atoms with Gasteiger partial charge in [0.25, 0.3) is 0 Å². The van der Waals surface area contributed by atoms with E-state index in [2.05, 4.69) is 16.8 Å². The third-order valence-electron chi connectivity index (χ3n) is 3.19. The number of thiazole rings is 1. The van der Waals surface area contributed by atoms with E-state index >= 15 is 0 Å². The molecule has 2 N–H and O–H groups in total. The highest BCUT2D eigenvalue weighted by atomic mass is 35.5. The van der Waals surface area contributed by atoms with Gasteiger partial charge < -0.3 is 5.73 Å². The molecule has 1 aromatic rings. The van der Waals surface area contributed by atoms with E-state index < -0.39 is 0 Å². The van der Waals surface area contributed by atoms with Gasteiger partial charge in [-0.15, -0.1) is 11.3 Å². The normalized spacial score (nSPS) is 24.6. The molecular weight excluding hydrogens is 242 g/mol. The fourth-order valence-corrected chi connectivity index (χ4v) is 3.26. The molecule has 1 aliphatic rings. The van der Waals surface area contributed by atoms with Crippen LogP contribution in [-0.2, 0) is 6.54 Å². The molecule has 5 heteroatoms. The Morgan fingerprint density at radius 2 is 2.56 bits per heavy atom. The van der Waals surface area contributed by atoms with Crippen LogP contribution < -0.4 is 5.73 Å². The molecule has 0 radical (unpaired) electrons. The molecule has 2 heterocycles. The number of aromatic nitrogens is 1. The van der Waals surface area contributed by atoms with Gasteiger partial charge in [-0.25, -0.2) is 4.98 Å². The molecule has 1 saturated heterocycles. The summed E-state index contributed by atoms with van der Waals surface area (Å²) in [6.07, 6.45) is 4.39. The van der Waals surface area contributed by atoms with Gasteiger partial charge in [0, 0.05) is 30.2 Å². The summed E-state index contributed by atoms with van der Waals surface area (Å²) in [6, 6.07) is 0.299. The lowest BCUT2D eigenvalue weighted by atomic mass is 9.92. The monoisotopic (exact) mass is 259 g/mol. The van der Waals surface area contributed by atoms with E-state index in [9.17, 15) is 0 Å². The Morgan fingerprint density at radius 1 is 1.75 bits per heavy atom. The highest BCUT2D eigenvalue weighted by molar-refractivity contribution is 7.15. The van der Waals surface area contributed by atoms with Crippen molar-refractivity contribution in [3.8, 4) is 0 Å². The molecule has 16 heavy (non-hydrogen) atoms. The van der Waals surface area contributed by atoms with E-state index in [1.165, 1.54) is 24.3 Å². The molecule has 0 aromatic carbocycles. The lowest BCUT2D eigenvalue weighted by Crippen LogP contribution is -2.41. The topological polar surface area (TPSA) is 42.1 Å². The van der Waals surface area contributed by atoms with Crippen molar-refractivity contribution in [2.45, 2.75) is 32.4 Å². The zero-order valence-corrected chi connectivity index (χ0v) is 11.1. The summed E-state index contributed by atoms with van der Waals surface area (Å²) in [7, 11) is 0. The van der Waals surface area contributed by atoms with Crippen molar-refractivity contribution < 1.29 is 0 Å². The molecular formula is C11H18ClN3S. The van der Waals surface area contributed by atoms with Crippen LogP contribution in [0.1, 0.15) is 24.6 Å². The van der Waals surface area contributed by atoms with Gasteiger partial charge in [0.15, 0.2) is 4.47 Å². The minimum atomic E-state index is 0.299. The molecule has 0 saturated carbocycles. The molecule has 3 nitrogen and oxygen atoms in total. The second-order valence-corrected chi connectivity index (χ2v) is 6.27. The predicted octanol–water partition coefficient (Wildman–Crippen LogP) is 2.36. The molecule has 0 amide bonds. The van der Waals surface area contributed by atoms with Crippen LogP contribution in [0.4, 0.5) is 0 Å². The van der Waals surface area contributed by atoms with Crippen molar-refractivity contribution in [1.29, 1.82) is 0 Å². The Hall–Kier alpha value is -0.160. The summed E-state index contributed by atoms with van der Waals surface area (Å²) in [5, 5.41) is 0. The zero-order chi connectivity index (χ0) is 11.5. The molecule has 2 atom stereocenters. The average molecular weight is 260 g/mol. The Bertz CT molecular complexity index is 340. The summed E-state index contributed by atoms with van der Waals surface area (Å²) >= 11 is 7.40. The Morgan fingerprint density at radius 3 is 3.19 bits per heavy atom. The van der Waals surface area contributed by atoms with Crippen molar-refractivity contribution in [3.63, 3.8) is 0 Å². The number of hydrogen-bond donors (Lipinski definition) is 1. The van der Waals surface area contributed by atoms with E-state index in [-0.39, 0.29) is 0 Å². The first-order chi connectivity index (χ1) is 7.65. The molecule has 1 fully saturated rings. The summed E-state index contributed by atoms with van der Waals surface area (Å²) in [4.78, 5) is 7.77. The third-order valence-corrected chi connectivity index (χ3v) is 4.29. The molecule has 2 unspecified atom stereocenters. The summed E-state index contributed by atoms with van der Waals surface area (Å²) in [5.74, 6) is 0.636.